The van der Waals surface area contributed by atoms with Crippen LogP contribution in [0.15, 0.2) is 35.7 Å². The molecule has 16 heavy (non-hydrogen) atoms. The fourth-order valence-electron chi connectivity index (χ4n) is 1.68. The molecular weight excluding hydrogens is 221 g/mol. The van der Waals surface area contributed by atoms with Crippen LogP contribution in [0.5, 0.6) is 0 Å². The molecule has 0 aliphatic carbocycles. The van der Waals surface area contributed by atoms with E-state index in [1.165, 1.54) is 22.6 Å². The summed E-state index contributed by atoms with van der Waals surface area (Å²) in [6, 6.07) is 8.78. The van der Waals surface area contributed by atoms with Crippen molar-refractivity contribution in [2.75, 3.05) is 6.54 Å². The molecule has 1 heterocycles. The molecule has 2 N–H and O–H groups in total. The summed E-state index contributed by atoms with van der Waals surface area (Å²) < 4.78 is 12.8. The molecule has 0 aliphatic heterocycles. The second-order valence-electron chi connectivity index (χ2n) is 3.67. The number of thiophene rings is 1. The Balaban J connectivity index is 2.26. The minimum atomic E-state index is -0.191. The fourth-order valence-corrected chi connectivity index (χ4v) is 2.64. The van der Waals surface area contributed by atoms with Crippen molar-refractivity contribution in [1.82, 2.24) is 0 Å². The van der Waals surface area contributed by atoms with Crippen molar-refractivity contribution in [3.8, 4) is 10.4 Å². The Morgan fingerprint density at radius 2 is 1.88 bits per heavy atom. The van der Waals surface area contributed by atoms with Crippen LogP contribution < -0.4 is 5.73 Å². The number of hydrogen-bond donors (Lipinski definition) is 1. The molecule has 0 saturated heterocycles. The Kier molecular flexibility index (Phi) is 3.70. The molecule has 0 bridgehead atoms. The van der Waals surface area contributed by atoms with E-state index in [-0.39, 0.29) is 5.82 Å². The lowest BCUT2D eigenvalue weighted by Crippen LogP contribution is -2.00. The number of aryl methyl sites for hydroxylation is 1. The van der Waals surface area contributed by atoms with Crippen LogP contribution in [0.25, 0.3) is 10.4 Å². The zero-order valence-corrected chi connectivity index (χ0v) is 9.77. The van der Waals surface area contributed by atoms with Crippen molar-refractivity contribution >= 4 is 11.3 Å². The first-order valence-corrected chi connectivity index (χ1v) is 6.21. The molecule has 3 heteroatoms. The lowest BCUT2D eigenvalue weighted by atomic mass is 10.1. The summed E-state index contributed by atoms with van der Waals surface area (Å²) in [6.45, 7) is 0.707. The number of hydrogen-bond acceptors (Lipinski definition) is 2. The molecule has 0 saturated carbocycles. The van der Waals surface area contributed by atoms with Crippen molar-refractivity contribution < 1.29 is 4.39 Å². The van der Waals surface area contributed by atoms with Crippen LogP contribution in [-0.4, -0.2) is 6.54 Å². The fraction of sp³-hybridized carbons (Fsp3) is 0.231. The molecule has 0 unspecified atom stereocenters. The lowest BCUT2D eigenvalue weighted by Gasteiger charge is -2.03. The SMILES string of the molecule is NCCCc1ccsc1-c1ccc(F)cc1. The third-order valence-corrected chi connectivity index (χ3v) is 3.51. The third kappa shape index (κ3) is 2.49. The Hall–Kier alpha value is -1.19. The number of nitrogens with two attached hydrogens (primary N) is 1. The van der Waals surface area contributed by atoms with Crippen molar-refractivity contribution in [3.05, 3.63) is 47.1 Å². The van der Waals surface area contributed by atoms with Crippen LogP contribution >= 0.6 is 11.3 Å². The second kappa shape index (κ2) is 5.23. The van der Waals surface area contributed by atoms with Gasteiger partial charge < -0.3 is 5.73 Å². The first-order chi connectivity index (χ1) is 7.81. The summed E-state index contributed by atoms with van der Waals surface area (Å²) in [6.07, 6.45) is 1.98. The summed E-state index contributed by atoms with van der Waals surface area (Å²) >= 11 is 1.70. The van der Waals surface area contributed by atoms with Crippen LogP contribution in [0, 0.1) is 5.82 Å². The molecule has 84 valence electrons. The highest BCUT2D eigenvalue weighted by Gasteiger charge is 2.06. The largest absolute Gasteiger partial charge is 0.330 e. The highest BCUT2D eigenvalue weighted by Crippen LogP contribution is 2.30. The van der Waals surface area contributed by atoms with Gasteiger partial charge in [0.25, 0.3) is 0 Å². The maximum absolute atomic E-state index is 12.8. The Bertz CT molecular complexity index is 447. The quantitative estimate of drug-likeness (QED) is 0.863. The minimum absolute atomic E-state index is 0.191. The van der Waals surface area contributed by atoms with E-state index in [4.69, 9.17) is 5.73 Å². The van der Waals surface area contributed by atoms with Gasteiger partial charge in [-0.05, 0) is 54.1 Å². The van der Waals surface area contributed by atoms with Crippen LogP contribution in [0.4, 0.5) is 4.39 Å². The predicted molar refractivity (Wildman–Crippen MR) is 67.1 cm³/mol. The van der Waals surface area contributed by atoms with Crippen LogP contribution in [0.2, 0.25) is 0 Å². The van der Waals surface area contributed by atoms with Crippen LogP contribution in [-0.2, 0) is 6.42 Å². The normalized spacial score (nSPS) is 10.6. The Morgan fingerprint density at radius 3 is 2.56 bits per heavy atom. The van der Waals surface area contributed by atoms with Crippen molar-refractivity contribution in [3.63, 3.8) is 0 Å². The van der Waals surface area contributed by atoms with E-state index in [0.717, 1.165) is 18.4 Å². The van der Waals surface area contributed by atoms with Gasteiger partial charge in [0.15, 0.2) is 0 Å². The predicted octanol–water partition coefficient (Wildman–Crippen LogP) is 3.45. The van der Waals surface area contributed by atoms with Crippen LogP contribution in [0.1, 0.15) is 12.0 Å². The zero-order chi connectivity index (χ0) is 11.4. The van der Waals surface area contributed by atoms with Crippen molar-refractivity contribution in [2.45, 2.75) is 12.8 Å². The third-order valence-electron chi connectivity index (χ3n) is 2.50. The Labute approximate surface area is 98.7 Å². The van der Waals surface area contributed by atoms with E-state index in [0.29, 0.717) is 6.54 Å². The number of rotatable bonds is 4. The van der Waals surface area contributed by atoms with Gasteiger partial charge in [0.1, 0.15) is 5.82 Å². The molecule has 2 aromatic rings. The van der Waals surface area contributed by atoms with Gasteiger partial charge in [-0.2, -0.15) is 0 Å². The monoisotopic (exact) mass is 235 g/mol. The van der Waals surface area contributed by atoms with Crippen LogP contribution in [0.3, 0.4) is 0 Å². The lowest BCUT2D eigenvalue weighted by molar-refractivity contribution is 0.628. The molecule has 0 spiro atoms. The van der Waals surface area contributed by atoms with Gasteiger partial charge in [0.05, 0.1) is 0 Å². The molecule has 0 radical (unpaired) electrons. The van der Waals surface area contributed by atoms with Gasteiger partial charge >= 0.3 is 0 Å². The minimum Gasteiger partial charge on any atom is -0.330 e. The smallest absolute Gasteiger partial charge is 0.123 e. The van der Waals surface area contributed by atoms with Gasteiger partial charge in [0, 0.05) is 4.88 Å². The summed E-state index contributed by atoms with van der Waals surface area (Å²) in [5.41, 5.74) is 7.90. The van der Waals surface area contributed by atoms with Gasteiger partial charge in [0.2, 0.25) is 0 Å². The first-order valence-electron chi connectivity index (χ1n) is 5.33. The maximum Gasteiger partial charge on any atom is 0.123 e. The average molecular weight is 235 g/mol. The van der Waals surface area contributed by atoms with Gasteiger partial charge in [-0.1, -0.05) is 12.1 Å². The van der Waals surface area contributed by atoms with Crippen molar-refractivity contribution in [2.24, 2.45) is 5.73 Å². The van der Waals surface area contributed by atoms with E-state index in [2.05, 4.69) is 11.4 Å². The highest BCUT2D eigenvalue weighted by atomic mass is 32.1. The van der Waals surface area contributed by atoms with E-state index in [9.17, 15) is 4.39 Å². The highest BCUT2D eigenvalue weighted by molar-refractivity contribution is 7.13. The molecule has 0 amide bonds. The molecule has 2 rings (SSSR count). The van der Waals surface area contributed by atoms with Gasteiger partial charge in [-0.25, -0.2) is 4.39 Å². The summed E-state index contributed by atoms with van der Waals surface area (Å²) in [4.78, 5) is 1.23. The first kappa shape index (κ1) is 11.3. The number of halogens is 1. The molecule has 1 nitrogen and oxygen atoms in total. The molecule has 0 atom stereocenters. The van der Waals surface area contributed by atoms with E-state index < -0.39 is 0 Å². The summed E-state index contributed by atoms with van der Waals surface area (Å²) in [5.74, 6) is -0.191. The molecule has 0 aliphatic rings. The van der Waals surface area contributed by atoms with Crippen molar-refractivity contribution in [1.29, 1.82) is 0 Å². The van der Waals surface area contributed by atoms with Gasteiger partial charge in [-0.3, -0.25) is 0 Å². The molecular formula is C13H14FNS. The standard InChI is InChI=1S/C13H14FNS/c14-12-5-3-11(4-6-12)13-10(2-1-8-15)7-9-16-13/h3-7,9H,1-2,8,15H2. The second-order valence-corrected chi connectivity index (χ2v) is 4.59. The maximum atomic E-state index is 12.8. The van der Waals surface area contributed by atoms with E-state index in [1.807, 2.05) is 12.1 Å². The summed E-state index contributed by atoms with van der Waals surface area (Å²) in [5, 5.41) is 2.07. The average Bonchev–Trinajstić information content (AvgIpc) is 2.75. The summed E-state index contributed by atoms with van der Waals surface area (Å²) in [7, 11) is 0. The molecule has 1 aromatic carbocycles. The van der Waals surface area contributed by atoms with E-state index in [1.54, 1.807) is 11.3 Å². The van der Waals surface area contributed by atoms with Gasteiger partial charge in [-0.15, -0.1) is 11.3 Å². The molecule has 1 aromatic heterocycles. The molecule has 0 fully saturated rings. The topological polar surface area (TPSA) is 26.0 Å². The number of benzene rings is 1. The Morgan fingerprint density at radius 1 is 1.12 bits per heavy atom. The zero-order valence-electron chi connectivity index (χ0n) is 8.95. The van der Waals surface area contributed by atoms with E-state index >= 15 is 0 Å².